The maximum absolute atomic E-state index is 12.1. The Hall–Kier alpha value is -4.92. The number of aromatic nitrogens is 7. The second-order valence-electron chi connectivity index (χ2n) is 9.28. The summed E-state index contributed by atoms with van der Waals surface area (Å²) in [6.45, 7) is 5.77. The quantitative estimate of drug-likeness (QED) is 0.293. The average Bonchev–Trinajstić information content (AvgIpc) is 3.52. The van der Waals surface area contributed by atoms with Crippen LogP contribution in [0.4, 0.5) is 5.69 Å². The van der Waals surface area contributed by atoms with Crippen molar-refractivity contribution < 1.29 is 4.79 Å². The molecule has 182 valence electrons. The van der Waals surface area contributed by atoms with Crippen molar-refractivity contribution in [2.45, 2.75) is 20.8 Å². The average molecular weight is 489 g/mol. The van der Waals surface area contributed by atoms with Crippen LogP contribution < -0.4 is 5.32 Å². The normalized spacial score (nSPS) is 11.5. The number of imidazole rings is 1. The monoisotopic (exact) mass is 488 g/mol. The maximum atomic E-state index is 12.1. The van der Waals surface area contributed by atoms with Gasteiger partial charge in [-0.15, -0.1) is 0 Å². The standard InChI is InChI=1S/C28H24N8O/c1-15(2)28(37)31-19-12-18(13-29-14-19)21-7-8-22-24(32-21)25(36-35-22)27-33-23-20(9-10-30-26(23)34-27)17-6-4-5-16(3)11-17/h4-15H,1-3H3,(H,31,37)(H,35,36)(H,30,33,34). The largest absolute Gasteiger partial charge is 0.335 e. The number of nitrogens with one attached hydrogen (secondary N) is 3. The van der Waals surface area contributed by atoms with Crippen molar-refractivity contribution in [1.29, 1.82) is 0 Å². The van der Waals surface area contributed by atoms with E-state index in [9.17, 15) is 4.79 Å². The summed E-state index contributed by atoms with van der Waals surface area (Å²) in [5, 5.41) is 10.4. The lowest BCUT2D eigenvalue weighted by molar-refractivity contribution is -0.118. The van der Waals surface area contributed by atoms with Crippen LogP contribution in [0.2, 0.25) is 0 Å². The Morgan fingerprint density at radius 3 is 2.73 bits per heavy atom. The minimum Gasteiger partial charge on any atom is -0.335 e. The smallest absolute Gasteiger partial charge is 0.226 e. The summed E-state index contributed by atoms with van der Waals surface area (Å²) in [6.07, 6.45) is 5.11. The van der Waals surface area contributed by atoms with E-state index in [0.717, 1.165) is 27.7 Å². The minimum absolute atomic E-state index is 0.0667. The molecule has 0 aliphatic carbocycles. The number of fused-ring (bicyclic) bond motifs is 2. The molecule has 3 N–H and O–H groups in total. The SMILES string of the molecule is Cc1cccc(-c2ccnc3nc(-c4n[nH]c5ccc(-c6cncc(NC(=O)C(C)C)c6)nc45)[nH]c23)c1. The lowest BCUT2D eigenvalue weighted by atomic mass is 10.0. The van der Waals surface area contributed by atoms with Crippen LogP contribution in [0.25, 0.3) is 56.1 Å². The van der Waals surface area contributed by atoms with Gasteiger partial charge < -0.3 is 10.3 Å². The van der Waals surface area contributed by atoms with E-state index in [4.69, 9.17) is 9.97 Å². The van der Waals surface area contributed by atoms with E-state index in [-0.39, 0.29) is 11.8 Å². The molecule has 0 aliphatic heterocycles. The molecule has 0 spiro atoms. The molecule has 5 aromatic heterocycles. The number of aromatic amines is 2. The molecule has 1 aromatic carbocycles. The molecule has 0 aliphatic rings. The zero-order valence-electron chi connectivity index (χ0n) is 20.6. The molecule has 0 bridgehead atoms. The van der Waals surface area contributed by atoms with Crippen molar-refractivity contribution in [1.82, 2.24) is 35.1 Å². The Balaban J connectivity index is 1.41. The molecule has 6 aromatic rings. The third-order valence-corrected chi connectivity index (χ3v) is 6.18. The summed E-state index contributed by atoms with van der Waals surface area (Å²) in [4.78, 5) is 33.9. The number of carbonyl (C=O) groups excluding carboxylic acids is 1. The molecule has 1 amide bonds. The van der Waals surface area contributed by atoms with Crippen molar-refractivity contribution in [3.05, 3.63) is 72.7 Å². The number of hydrogen-bond acceptors (Lipinski definition) is 6. The van der Waals surface area contributed by atoms with Gasteiger partial charge in [-0.1, -0.05) is 43.7 Å². The number of rotatable bonds is 5. The first-order valence-electron chi connectivity index (χ1n) is 12.0. The van der Waals surface area contributed by atoms with Crippen LogP contribution in [0.5, 0.6) is 0 Å². The van der Waals surface area contributed by atoms with Crippen molar-refractivity contribution in [2.24, 2.45) is 5.92 Å². The molecular weight excluding hydrogens is 464 g/mol. The number of amides is 1. The van der Waals surface area contributed by atoms with E-state index in [1.165, 1.54) is 5.56 Å². The third kappa shape index (κ3) is 4.20. The van der Waals surface area contributed by atoms with Crippen LogP contribution in [0.1, 0.15) is 19.4 Å². The van der Waals surface area contributed by atoms with Crippen molar-refractivity contribution in [2.75, 3.05) is 5.32 Å². The highest BCUT2D eigenvalue weighted by atomic mass is 16.1. The first kappa shape index (κ1) is 22.5. The molecule has 0 unspecified atom stereocenters. The molecular formula is C28H24N8O. The molecule has 0 saturated carbocycles. The van der Waals surface area contributed by atoms with E-state index in [2.05, 4.69) is 55.6 Å². The number of anilines is 1. The molecule has 6 rings (SSSR count). The van der Waals surface area contributed by atoms with Crippen LogP contribution in [-0.4, -0.2) is 41.0 Å². The molecule has 9 heteroatoms. The van der Waals surface area contributed by atoms with Gasteiger partial charge in [-0.05, 0) is 36.8 Å². The van der Waals surface area contributed by atoms with Crippen LogP contribution in [0.15, 0.2) is 67.1 Å². The van der Waals surface area contributed by atoms with E-state index in [1.807, 2.05) is 44.2 Å². The zero-order valence-corrected chi connectivity index (χ0v) is 20.6. The predicted molar refractivity (Wildman–Crippen MR) is 144 cm³/mol. The van der Waals surface area contributed by atoms with E-state index in [0.29, 0.717) is 34.1 Å². The van der Waals surface area contributed by atoms with Gasteiger partial charge in [0.05, 0.1) is 28.6 Å². The molecule has 9 nitrogen and oxygen atoms in total. The van der Waals surface area contributed by atoms with Gasteiger partial charge in [-0.25, -0.2) is 15.0 Å². The summed E-state index contributed by atoms with van der Waals surface area (Å²) in [5.74, 6) is 0.383. The summed E-state index contributed by atoms with van der Waals surface area (Å²) in [6, 6.07) is 16.0. The second kappa shape index (κ2) is 8.94. The van der Waals surface area contributed by atoms with Gasteiger partial charge in [0.1, 0.15) is 5.52 Å². The van der Waals surface area contributed by atoms with E-state index >= 15 is 0 Å². The highest BCUT2D eigenvalue weighted by Crippen LogP contribution is 2.31. The summed E-state index contributed by atoms with van der Waals surface area (Å²) in [5.41, 5.74) is 8.90. The molecule has 0 fully saturated rings. The fraction of sp³-hybridized carbons (Fsp3) is 0.143. The summed E-state index contributed by atoms with van der Waals surface area (Å²) < 4.78 is 0. The molecule has 0 atom stereocenters. The number of carbonyl (C=O) groups is 1. The highest BCUT2D eigenvalue weighted by molar-refractivity contribution is 5.95. The summed E-state index contributed by atoms with van der Waals surface area (Å²) in [7, 11) is 0. The predicted octanol–water partition coefficient (Wildman–Crippen LogP) is 5.53. The Kier molecular flexibility index (Phi) is 5.45. The molecule has 0 radical (unpaired) electrons. The zero-order chi connectivity index (χ0) is 25.5. The number of hydrogen-bond donors (Lipinski definition) is 3. The fourth-order valence-electron chi connectivity index (χ4n) is 4.24. The maximum Gasteiger partial charge on any atom is 0.226 e. The molecule has 37 heavy (non-hydrogen) atoms. The van der Waals surface area contributed by atoms with Crippen LogP contribution in [0.3, 0.4) is 0 Å². The highest BCUT2D eigenvalue weighted by Gasteiger charge is 2.18. The van der Waals surface area contributed by atoms with Crippen LogP contribution in [-0.2, 0) is 4.79 Å². The number of H-pyrrole nitrogens is 2. The van der Waals surface area contributed by atoms with Crippen LogP contribution in [0, 0.1) is 12.8 Å². The second-order valence-corrected chi connectivity index (χ2v) is 9.28. The third-order valence-electron chi connectivity index (χ3n) is 6.18. The van der Waals surface area contributed by atoms with Gasteiger partial charge in [0, 0.05) is 29.4 Å². The number of aryl methyl sites for hydroxylation is 1. The van der Waals surface area contributed by atoms with Gasteiger partial charge in [-0.3, -0.25) is 14.9 Å². The van der Waals surface area contributed by atoms with E-state index < -0.39 is 0 Å². The number of benzene rings is 1. The van der Waals surface area contributed by atoms with Gasteiger partial charge in [0.15, 0.2) is 17.2 Å². The van der Waals surface area contributed by atoms with Gasteiger partial charge in [-0.2, -0.15) is 5.10 Å². The summed E-state index contributed by atoms with van der Waals surface area (Å²) >= 11 is 0. The molecule has 5 heterocycles. The first-order chi connectivity index (χ1) is 18.0. The van der Waals surface area contributed by atoms with Gasteiger partial charge in [0.2, 0.25) is 5.91 Å². The fourth-order valence-corrected chi connectivity index (χ4v) is 4.24. The van der Waals surface area contributed by atoms with Crippen LogP contribution >= 0.6 is 0 Å². The Morgan fingerprint density at radius 2 is 1.89 bits per heavy atom. The van der Waals surface area contributed by atoms with Gasteiger partial charge >= 0.3 is 0 Å². The topological polar surface area (TPSA) is 125 Å². The van der Waals surface area contributed by atoms with Crippen molar-refractivity contribution in [3.8, 4) is 33.9 Å². The number of nitrogens with zero attached hydrogens (tertiary/aromatic N) is 5. The lowest BCUT2D eigenvalue weighted by Gasteiger charge is -2.08. The van der Waals surface area contributed by atoms with Crippen molar-refractivity contribution in [3.63, 3.8) is 0 Å². The Bertz CT molecular complexity index is 1780. The Morgan fingerprint density at radius 1 is 1.00 bits per heavy atom. The molecule has 0 saturated heterocycles. The minimum atomic E-state index is -0.128. The van der Waals surface area contributed by atoms with Crippen molar-refractivity contribution >= 4 is 33.8 Å². The lowest BCUT2D eigenvalue weighted by Crippen LogP contribution is -2.17. The first-order valence-corrected chi connectivity index (χ1v) is 12.0. The Labute approximate surface area is 212 Å². The van der Waals surface area contributed by atoms with E-state index in [1.54, 1.807) is 18.6 Å². The van der Waals surface area contributed by atoms with Gasteiger partial charge in [0.25, 0.3) is 0 Å². The number of pyridine rings is 3.